The fourth-order valence-corrected chi connectivity index (χ4v) is 2.68. The van der Waals surface area contributed by atoms with Crippen LogP contribution < -0.4 is 11.1 Å². The Balaban J connectivity index is 1.77. The molecule has 1 aromatic carbocycles. The average Bonchev–Trinajstić information content (AvgIpc) is 2.46. The van der Waals surface area contributed by atoms with Crippen molar-refractivity contribution in [3.05, 3.63) is 35.9 Å². The Morgan fingerprint density at radius 2 is 1.89 bits per heavy atom. The third kappa shape index (κ3) is 4.06. The molecule has 1 aliphatic rings. The van der Waals surface area contributed by atoms with E-state index in [0.29, 0.717) is 18.5 Å². The lowest BCUT2D eigenvalue weighted by molar-refractivity contribution is -0.126. The number of amides is 1. The predicted molar refractivity (Wildman–Crippen MR) is 77.8 cm³/mol. The highest BCUT2D eigenvalue weighted by molar-refractivity contribution is 5.78. The Kier molecular flexibility index (Phi) is 4.97. The second-order valence-corrected chi connectivity index (χ2v) is 5.67. The normalized spacial score (nSPS) is 24.7. The van der Waals surface area contributed by atoms with Crippen molar-refractivity contribution in [2.24, 2.45) is 11.7 Å². The summed E-state index contributed by atoms with van der Waals surface area (Å²) in [5.74, 6) is 0.730. The van der Waals surface area contributed by atoms with E-state index in [2.05, 4.69) is 24.4 Å². The second-order valence-electron chi connectivity index (χ2n) is 5.67. The molecule has 0 aliphatic heterocycles. The minimum atomic E-state index is 0.169. The number of nitrogens with one attached hydrogen (secondary N) is 1. The third-order valence-electron chi connectivity index (χ3n) is 4.09. The molecular weight excluding hydrogens is 236 g/mol. The van der Waals surface area contributed by atoms with Crippen LogP contribution in [0, 0.1) is 5.92 Å². The molecule has 0 unspecified atom stereocenters. The zero-order chi connectivity index (χ0) is 13.7. The number of hydrogen-bond donors (Lipinski definition) is 2. The van der Waals surface area contributed by atoms with Gasteiger partial charge in [-0.3, -0.25) is 4.79 Å². The standard InChI is InChI=1S/C16H24N2O/c1-12(13-5-3-2-4-6-13)11-18-16(19)14-7-9-15(17)10-8-14/h2-6,12,14-15H,7-11,17H2,1H3,(H,18,19)/t12-,14?,15?/m0/s1. The van der Waals surface area contributed by atoms with Crippen LogP contribution in [-0.4, -0.2) is 18.5 Å². The number of nitrogens with two attached hydrogens (primary N) is 1. The summed E-state index contributed by atoms with van der Waals surface area (Å²) in [6, 6.07) is 10.6. The van der Waals surface area contributed by atoms with Crippen LogP contribution in [0.15, 0.2) is 30.3 Å². The maximum atomic E-state index is 12.1. The molecule has 1 aliphatic carbocycles. The zero-order valence-corrected chi connectivity index (χ0v) is 11.6. The molecule has 1 saturated carbocycles. The van der Waals surface area contributed by atoms with E-state index < -0.39 is 0 Å². The summed E-state index contributed by atoms with van der Waals surface area (Å²) in [5.41, 5.74) is 7.14. The quantitative estimate of drug-likeness (QED) is 0.873. The summed E-state index contributed by atoms with van der Waals surface area (Å²) >= 11 is 0. The van der Waals surface area contributed by atoms with Gasteiger partial charge in [-0.05, 0) is 37.2 Å². The lowest BCUT2D eigenvalue weighted by Gasteiger charge is -2.25. The van der Waals surface area contributed by atoms with Crippen molar-refractivity contribution in [2.45, 2.75) is 44.6 Å². The molecular formula is C16H24N2O. The van der Waals surface area contributed by atoms with Crippen molar-refractivity contribution in [2.75, 3.05) is 6.54 Å². The van der Waals surface area contributed by atoms with Gasteiger partial charge in [0, 0.05) is 18.5 Å². The van der Waals surface area contributed by atoms with E-state index >= 15 is 0 Å². The molecule has 0 spiro atoms. The van der Waals surface area contributed by atoms with Gasteiger partial charge in [0.05, 0.1) is 0 Å². The molecule has 3 heteroatoms. The van der Waals surface area contributed by atoms with Gasteiger partial charge in [-0.2, -0.15) is 0 Å². The van der Waals surface area contributed by atoms with Gasteiger partial charge in [0.2, 0.25) is 5.91 Å². The van der Waals surface area contributed by atoms with Crippen LogP contribution in [-0.2, 0) is 4.79 Å². The van der Waals surface area contributed by atoms with Gasteiger partial charge in [-0.15, -0.1) is 0 Å². The van der Waals surface area contributed by atoms with Crippen LogP contribution in [0.3, 0.4) is 0 Å². The number of benzene rings is 1. The first-order chi connectivity index (χ1) is 9.16. The highest BCUT2D eigenvalue weighted by atomic mass is 16.1. The summed E-state index contributed by atoms with van der Waals surface area (Å²) in [6.45, 7) is 2.86. The highest BCUT2D eigenvalue weighted by Crippen LogP contribution is 2.23. The molecule has 1 atom stereocenters. The first-order valence-electron chi connectivity index (χ1n) is 7.25. The van der Waals surface area contributed by atoms with Gasteiger partial charge in [-0.25, -0.2) is 0 Å². The molecule has 19 heavy (non-hydrogen) atoms. The van der Waals surface area contributed by atoms with E-state index in [1.54, 1.807) is 0 Å². The lowest BCUT2D eigenvalue weighted by atomic mass is 9.86. The first kappa shape index (κ1) is 14.1. The minimum Gasteiger partial charge on any atom is -0.355 e. The van der Waals surface area contributed by atoms with E-state index in [1.807, 2.05) is 18.2 Å². The number of rotatable bonds is 4. The molecule has 1 fully saturated rings. The Morgan fingerprint density at radius 3 is 2.53 bits per heavy atom. The Labute approximate surface area is 115 Å². The largest absolute Gasteiger partial charge is 0.355 e. The van der Waals surface area contributed by atoms with E-state index in [0.717, 1.165) is 25.7 Å². The Hall–Kier alpha value is -1.35. The second kappa shape index (κ2) is 6.71. The van der Waals surface area contributed by atoms with Crippen molar-refractivity contribution >= 4 is 5.91 Å². The summed E-state index contributed by atoms with van der Waals surface area (Å²) in [5, 5.41) is 3.09. The molecule has 0 aromatic heterocycles. The van der Waals surface area contributed by atoms with Crippen molar-refractivity contribution in [3.8, 4) is 0 Å². The van der Waals surface area contributed by atoms with Gasteiger partial charge in [0.15, 0.2) is 0 Å². The van der Waals surface area contributed by atoms with Gasteiger partial charge < -0.3 is 11.1 Å². The molecule has 3 N–H and O–H groups in total. The fraction of sp³-hybridized carbons (Fsp3) is 0.562. The maximum Gasteiger partial charge on any atom is 0.223 e. The third-order valence-corrected chi connectivity index (χ3v) is 4.09. The molecule has 1 amide bonds. The topological polar surface area (TPSA) is 55.1 Å². The van der Waals surface area contributed by atoms with Crippen LogP contribution in [0.2, 0.25) is 0 Å². The van der Waals surface area contributed by atoms with Crippen LogP contribution in [0.4, 0.5) is 0 Å². The maximum absolute atomic E-state index is 12.1. The van der Waals surface area contributed by atoms with Crippen LogP contribution in [0.5, 0.6) is 0 Å². The molecule has 0 heterocycles. The molecule has 104 valence electrons. The average molecular weight is 260 g/mol. The van der Waals surface area contributed by atoms with Crippen LogP contribution >= 0.6 is 0 Å². The minimum absolute atomic E-state index is 0.169. The van der Waals surface area contributed by atoms with Gasteiger partial charge in [-0.1, -0.05) is 37.3 Å². The fourth-order valence-electron chi connectivity index (χ4n) is 2.68. The van der Waals surface area contributed by atoms with Gasteiger partial charge >= 0.3 is 0 Å². The van der Waals surface area contributed by atoms with Crippen molar-refractivity contribution in [1.82, 2.24) is 5.32 Å². The van der Waals surface area contributed by atoms with Crippen molar-refractivity contribution in [1.29, 1.82) is 0 Å². The Morgan fingerprint density at radius 1 is 1.26 bits per heavy atom. The Bertz CT molecular complexity index is 396. The summed E-state index contributed by atoms with van der Waals surface area (Å²) in [4.78, 5) is 12.1. The highest BCUT2D eigenvalue weighted by Gasteiger charge is 2.24. The molecule has 0 saturated heterocycles. The first-order valence-corrected chi connectivity index (χ1v) is 7.25. The van der Waals surface area contributed by atoms with Crippen molar-refractivity contribution in [3.63, 3.8) is 0 Å². The van der Waals surface area contributed by atoms with Gasteiger partial charge in [0.1, 0.15) is 0 Å². The molecule has 2 rings (SSSR count). The molecule has 0 bridgehead atoms. The summed E-state index contributed by atoms with van der Waals surface area (Å²) in [7, 11) is 0. The SMILES string of the molecule is C[C@@H](CNC(=O)C1CCC(N)CC1)c1ccccc1. The van der Waals surface area contributed by atoms with E-state index in [4.69, 9.17) is 5.73 Å². The number of carbonyl (C=O) groups is 1. The van der Waals surface area contributed by atoms with E-state index in [1.165, 1.54) is 5.56 Å². The van der Waals surface area contributed by atoms with Crippen LogP contribution in [0.1, 0.15) is 44.1 Å². The van der Waals surface area contributed by atoms with E-state index in [9.17, 15) is 4.79 Å². The van der Waals surface area contributed by atoms with Gasteiger partial charge in [0.25, 0.3) is 0 Å². The molecule has 0 radical (unpaired) electrons. The molecule has 3 nitrogen and oxygen atoms in total. The predicted octanol–water partition coefficient (Wildman–Crippen LogP) is 2.42. The zero-order valence-electron chi connectivity index (χ0n) is 11.6. The summed E-state index contributed by atoms with van der Waals surface area (Å²) < 4.78 is 0. The number of hydrogen-bond acceptors (Lipinski definition) is 2. The lowest BCUT2D eigenvalue weighted by Crippen LogP contribution is -2.37. The van der Waals surface area contributed by atoms with Crippen molar-refractivity contribution < 1.29 is 4.79 Å². The number of carbonyl (C=O) groups excluding carboxylic acids is 1. The summed E-state index contributed by atoms with van der Waals surface area (Å²) in [6.07, 6.45) is 3.83. The van der Waals surface area contributed by atoms with Crippen LogP contribution in [0.25, 0.3) is 0 Å². The molecule has 1 aromatic rings. The monoisotopic (exact) mass is 260 g/mol. The smallest absolute Gasteiger partial charge is 0.223 e. The van der Waals surface area contributed by atoms with E-state index in [-0.39, 0.29) is 11.8 Å².